The minimum absolute atomic E-state index is 0.0273. The van der Waals surface area contributed by atoms with Crippen molar-refractivity contribution in [2.24, 2.45) is 11.0 Å². The van der Waals surface area contributed by atoms with Gasteiger partial charge >= 0.3 is 0 Å². The van der Waals surface area contributed by atoms with E-state index in [2.05, 4.69) is 6.08 Å². The number of carbonyl (C=O) groups is 1. The number of allylic oxidation sites excluding steroid dienone is 1. The van der Waals surface area contributed by atoms with Crippen LogP contribution >= 0.6 is 11.6 Å². The molecule has 1 aliphatic heterocycles. The van der Waals surface area contributed by atoms with E-state index in [-0.39, 0.29) is 17.9 Å². The fraction of sp³-hybridized carbons (Fsp3) is 0.290. The summed E-state index contributed by atoms with van der Waals surface area (Å²) in [7, 11) is 6.46. The van der Waals surface area contributed by atoms with E-state index in [9.17, 15) is 4.79 Å². The Bertz CT molecular complexity index is 1430. The third-order valence-electron chi connectivity index (χ3n) is 7.30. The van der Waals surface area contributed by atoms with E-state index in [1.54, 1.807) is 57.7 Å². The molecular formula is C31H31ClN2O5. The Morgan fingerprint density at radius 3 is 2.18 bits per heavy atom. The number of carbonyl (C=O) groups excluding carboxylic acids is 1. The maximum Gasteiger partial charge on any atom is 0.274 e. The maximum absolute atomic E-state index is 13.9. The lowest BCUT2D eigenvalue weighted by Gasteiger charge is -2.30. The molecule has 0 aromatic heterocycles. The molecule has 5 rings (SSSR count). The molecule has 3 aromatic carbocycles. The fourth-order valence-corrected chi connectivity index (χ4v) is 5.53. The first-order valence-electron chi connectivity index (χ1n) is 12.8. The predicted octanol–water partition coefficient (Wildman–Crippen LogP) is 6.81. The Morgan fingerprint density at radius 2 is 1.51 bits per heavy atom. The molecule has 202 valence electrons. The number of amides is 1. The smallest absolute Gasteiger partial charge is 0.274 e. The van der Waals surface area contributed by atoms with E-state index in [4.69, 9.17) is 35.6 Å². The molecule has 0 radical (unpaired) electrons. The molecule has 1 aliphatic carbocycles. The predicted molar refractivity (Wildman–Crippen MR) is 152 cm³/mol. The lowest BCUT2D eigenvalue weighted by molar-refractivity contribution is 0.0680. The van der Waals surface area contributed by atoms with Gasteiger partial charge < -0.3 is 18.9 Å². The van der Waals surface area contributed by atoms with Gasteiger partial charge in [0.05, 0.1) is 40.2 Å². The van der Waals surface area contributed by atoms with E-state index in [1.165, 1.54) is 0 Å². The molecule has 1 heterocycles. The minimum Gasteiger partial charge on any atom is -0.493 e. The summed E-state index contributed by atoms with van der Waals surface area (Å²) in [4.78, 5) is 13.9. The van der Waals surface area contributed by atoms with Gasteiger partial charge in [0.1, 0.15) is 0 Å². The summed E-state index contributed by atoms with van der Waals surface area (Å²) >= 11 is 6.10. The topological polar surface area (TPSA) is 69.6 Å². The molecule has 2 atom stereocenters. The summed E-state index contributed by atoms with van der Waals surface area (Å²) in [5.74, 6) is 2.43. The lowest BCUT2D eigenvalue weighted by atomic mass is 9.77. The molecule has 0 bridgehead atoms. The molecule has 0 spiro atoms. The van der Waals surface area contributed by atoms with Crippen LogP contribution in [0.4, 0.5) is 0 Å². The van der Waals surface area contributed by atoms with Crippen LogP contribution in [0.3, 0.4) is 0 Å². The standard InChI is InChI=1S/C31H31ClN2O5/c1-36-25-14-8-19(17-27(25)38-3)16-21-6-5-7-24-29(21)33-34(31(35)20-9-12-23(32)13-10-20)30(24)22-11-15-26(37-2)28(18-22)39-4/h8-18,24,30H,5-7H2,1-4H3/b21-16+. The number of methoxy groups -OCH3 is 4. The molecule has 2 unspecified atom stereocenters. The summed E-state index contributed by atoms with van der Waals surface area (Å²) in [5.41, 5.74) is 4.48. The largest absolute Gasteiger partial charge is 0.493 e. The van der Waals surface area contributed by atoms with Gasteiger partial charge in [0.2, 0.25) is 0 Å². The van der Waals surface area contributed by atoms with Crippen molar-refractivity contribution in [2.75, 3.05) is 28.4 Å². The van der Waals surface area contributed by atoms with Crippen molar-refractivity contribution in [3.8, 4) is 23.0 Å². The van der Waals surface area contributed by atoms with E-state index in [1.807, 2.05) is 36.4 Å². The van der Waals surface area contributed by atoms with Crippen molar-refractivity contribution in [2.45, 2.75) is 25.3 Å². The Morgan fingerprint density at radius 1 is 0.872 bits per heavy atom. The van der Waals surface area contributed by atoms with Gasteiger partial charge in [0.25, 0.3) is 5.91 Å². The van der Waals surface area contributed by atoms with Crippen LogP contribution in [0.2, 0.25) is 5.02 Å². The molecule has 39 heavy (non-hydrogen) atoms. The zero-order valence-corrected chi connectivity index (χ0v) is 23.2. The number of ether oxygens (including phenoxy) is 4. The Labute approximate surface area is 233 Å². The van der Waals surface area contributed by atoms with Crippen LogP contribution < -0.4 is 18.9 Å². The maximum atomic E-state index is 13.9. The SMILES string of the molecule is COc1ccc(/C=C2\CCCC3C2=NN(C(=O)c2ccc(Cl)cc2)C3c2ccc(OC)c(OC)c2)cc1OC. The van der Waals surface area contributed by atoms with Crippen LogP contribution in [-0.2, 0) is 0 Å². The monoisotopic (exact) mass is 546 g/mol. The van der Waals surface area contributed by atoms with E-state index in [0.29, 0.717) is 33.6 Å². The van der Waals surface area contributed by atoms with Gasteiger partial charge in [0, 0.05) is 16.5 Å². The summed E-state index contributed by atoms with van der Waals surface area (Å²) in [6.07, 6.45) is 4.89. The van der Waals surface area contributed by atoms with E-state index >= 15 is 0 Å². The molecule has 0 saturated heterocycles. The summed E-state index contributed by atoms with van der Waals surface area (Å²) < 4.78 is 22.0. The first-order chi connectivity index (χ1) is 19.0. The van der Waals surface area contributed by atoms with Crippen LogP contribution in [0.15, 0.2) is 71.3 Å². The van der Waals surface area contributed by atoms with Gasteiger partial charge in [-0.2, -0.15) is 5.10 Å². The van der Waals surface area contributed by atoms with Gasteiger partial charge in [0.15, 0.2) is 23.0 Å². The van der Waals surface area contributed by atoms with Crippen molar-refractivity contribution in [1.82, 2.24) is 5.01 Å². The van der Waals surface area contributed by atoms with Gasteiger partial charge in [-0.1, -0.05) is 23.7 Å². The highest BCUT2D eigenvalue weighted by atomic mass is 35.5. The Kier molecular flexibility index (Phi) is 7.79. The van der Waals surface area contributed by atoms with Gasteiger partial charge in [-0.3, -0.25) is 4.79 Å². The van der Waals surface area contributed by atoms with Crippen molar-refractivity contribution < 1.29 is 23.7 Å². The second kappa shape index (κ2) is 11.4. The van der Waals surface area contributed by atoms with Gasteiger partial charge in [-0.05, 0) is 90.6 Å². The third-order valence-corrected chi connectivity index (χ3v) is 7.55. The number of nitrogens with zero attached hydrogens (tertiary/aromatic N) is 2. The number of hydrogen-bond acceptors (Lipinski definition) is 6. The molecular weight excluding hydrogens is 516 g/mol. The molecule has 8 heteroatoms. The first kappa shape index (κ1) is 26.6. The van der Waals surface area contributed by atoms with Gasteiger partial charge in [-0.15, -0.1) is 0 Å². The number of fused-ring (bicyclic) bond motifs is 1. The number of hydrogen-bond donors (Lipinski definition) is 0. The summed E-state index contributed by atoms with van der Waals surface area (Å²) in [6, 6.07) is 18.3. The first-order valence-corrected chi connectivity index (χ1v) is 13.2. The zero-order valence-electron chi connectivity index (χ0n) is 22.4. The van der Waals surface area contributed by atoms with Crippen molar-refractivity contribution >= 4 is 29.3 Å². The highest BCUT2D eigenvalue weighted by Crippen LogP contribution is 2.46. The average molecular weight is 547 g/mol. The quantitative estimate of drug-likeness (QED) is 0.325. The molecule has 1 fully saturated rings. The Balaban J connectivity index is 1.59. The molecule has 3 aromatic rings. The molecule has 7 nitrogen and oxygen atoms in total. The fourth-order valence-electron chi connectivity index (χ4n) is 5.41. The highest BCUT2D eigenvalue weighted by Gasteiger charge is 2.44. The van der Waals surface area contributed by atoms with Crippen molar-refractivity contribution in [1.29, 1.82) is 0 Å². The number of halogens is 1. The van der Waals surface area contributed by atoms with Crippen molar-refractivity contribution in [3.05, 3.63) is 87.9 Å². The van der Waals surface area contributed by atoms with Crippen LogP contribution in [0, 0.1) is 5.92 Å². The average Bonchev–Trinajstić information content (AvgIpc) is 3.37. The zero-order chi connectivity index (χ0) is 27.5. The lowest BCUT2D eigenvalue weighted by Crippen LogP contribution is -2.32. The van der Waals surface area contributed by atoms with Crippen LogP contribution in [0.5, 0.6) is 23.0 Å². The number of rotatable bonds is 7. The summed E-state index contributed by atoms with van der Waals surface area (Å²) in [6.45, 7) is 0. The van der Waals surface area contributed by atoms with Crippen LogP contribution in [0.1, 0.15) is 46.8 Å². The normalized spacial score (nSPS) is 19.4. The number of benzene rings is 3. The molecule has 1 saturated carbocycles. The minimum atomic E-state index is -0.294. The Hall–Kier alpha value is -3.97. The highest BCUT2D eigenvalue weighted by molar-refractivity contribution is 6.30. The molecule has 1 amide bonds. The van der Waals surface area contributed by atoms with Crippen LogP contribution in [0.25, 0.3) is 6.08 Å². The molecule has 0 N–H and O–H groups in total. The van der Waals surface area contributed by atoms with E-state index < -0.39 is 0 Å². The third kappa shape index (κ3) is 5.19. The number of hydrazone groups is 1. The summed E-state index contributed by atoms with van der Waals surface area (Å²) in [5, 5.41) is 7.19. The van der Waals surface area contributed by atoms with Crippen LogP contribution in [-0.4, -0.2) is 45.1 Å². The van der Waals surface area contributed by atoms with E-state index in [0.717, 1.165) is 41.7 Å². The van der Waals surface area contributed by atoms with Gasteiger partial charge in [-0.25, -0.2) is 5.01 Å². The molecule has 2 aliphatic rings. The van der Waals surface area contributed by atoms with Crippen molar-refractivity contribution in [3.63, 3.8) is 0 Å². The second-order valence-corrected chi connectivity index (χ2v) is 9.92. The second-order valence-electron chi connectivity index (χ2n) is 9.48.